The number of carbonyl (C=O) groups excluding carboxylic acids is 2. The Labute approximate surface area is 174 Å². The quantitative estimate of drug-likeness (QED) is 0.464. The van der Waals surface area contributed by atoms with Crippen LogP contribution in [0.3, 0.4) is 0 Å². The molecule has 0 bridgehead atoms. The predicted octanol–water partition coefficient (Wildman–Crippen LogP) is 3.77. The molecule has 1 N–H and O–H groups in total. The molecule has 2 aromatic rings. The molecule has 0 aromatic heterocycles. The van der Waals surface area contributed by atoms with Crippen molar-refractivity contribution in [2.24, 2.45) is 0 Å². The molecule has 7 nitrogen and oxygen atoms in total. The Morgan fingerprint density at radius 3 is 2.34 bits per heavy atom. The van der Waals surface area contributed by atoms with Crippen molar-refractivity contribution < 1.29 is 28.5 Å². The summed E-state index contributed by atoms with van der Waals surface area (Å²) in [6, 6.07) is 12.4. The van der Waals surface area contributed by atoms with Crippen LogP contribution in [-0.4, -0.2) is 44.6 Å². The van der Waals surface area contributed by atoms with Crippen LogP contribution in [0.4, 0.5) is 5.69 Å². The molecule has 0 saturated carbocycles. The molecule has 0 aliphatic heterocycles. The van der Waals surface area contributed by atoms with Crippen LogP contribution in [0, 0.1) is 0 Å². The molecule has 0 aliphatic carbocycles. The standard InChI is InChI=1S/C21H25NO6S/c1-5-27-16-7-9-17(10-8-16)29-13-20(23)28-14(2)21(24)22-15-6-11-18(25-3)19(12-15)26-4/h6-12,14H,5,13H2,1-4H3,(H,22,24)/t14-/m1/s1. The van der Waals surface area contributed by atoms with Crippen molar-refractivity contribution in [3.8, 4) is 17.2 Å². The summed E-state index contributed by atoms with van der Waals surface area (Å²) in [5.74, 6) is 1.01. The van der Waals surface area contributed by atoms with E-state index in [1.165, 1.54) is 32.9 Å². The number of carbonyl (C=O) groups is 2. The minimum atomic E-state index is -0.934. The summed E-state index contributed by atoms with van der Waals surface area (Å²) in [7, 11) is 3.04. The molecule has 29 heavy (non-hydrogen) atoms. The molecule has 8 heteroatoms. The van der Waals surface area contributed by atoms with Gasteiger partial charge in [-0.15, -0.1) is 11.8 Å². The third kappa shape index (κ3) is 6.90. The number of benzene rings is 2. The highest BCUT2D eigenvalue weighted by molar-refractivity contribution is 8.00. The van der Waals surface area contributed by atoms with E-state index in [1.807, 2.05) is 31.2 Å². The molecule has 156 valence electrons. The molecule has 0 saturated heterocycles. The summed E-state index contributed by atoms with van der Waals surface area (Å²) >= 11 is 1.33. The Morgan fingerprint density at radius 1 is 1.03 bits per heavy atom. The highest BCUT2D eigenvalue weighted by Crippen LogP contribution is 2.29. The van der Waals surface area contributed by atoms with Gasteiger partial charge in [-0.1, -0.05) is 0 Å². The van der Waals surface area contributed by atoms with E-state index in [0.717, 1.165) is 10.6 Å². The summed E-state index contributed by atoms with van der Waals surface area (Å²) in [6.45, 7) is 4.04. The highest BCUT2D eigenvalue weighted by Gasteiger charge is 2.18. The summed E-state index contributed by atoms with van der Waals surface area (Å²) < 4.78 is 21.0. The van der Waals surface area contributed by atoms with Gasteiger partial charge in [-0.3, -0.25) is 9.59 Å². The fourth-order valence-corrected chi connectivity index (χ4v) is 3.06. The van der Waals surface area contributed by atoms with Gasteiger partial charge in [0.15, 0.2) is 17.6 Å². The van der Waals surface area contributed by atoms with E-state index >= 15 is 0 Å². The van der Waals surface area contributed by atoms with Crippen LogP contribution in [0.2, 0.25) is 0 Å². The number of ether oxygens (including phenoxy) is 4. The summed E-state index contributed by atoms with van der Waals surface area (Å²) in [6.07, 6.45) is -0.934. The maximum Gasteiger partial charge on any atom is 0.317 e. The largest absolute Gasteiger partial charge is 0.494 e. The molecular weight excluding hydrogens is 394 g/mol. The first-order valence-electron chi connectivity index (χ1n) is 9.04. The second kappa shape index (κ2) is 11.2. The zero-order valence-electron chi connectivity index (χ0n) is 16.9. The predicted molar refractivity (Wildman–Crippen MR) is 112 cm³/mol. The molecular formula is C21H25NO6S. The smallest absolute Gasteiger partial charge is 0.317 e. The van der Waals surface area contributed by atoms with Crippen molar-refractivity contribution in [2.45, 2.75) is 24.8 Å². The monoisotopic (exact) mass is 419 g/mol. The lowest BCUT2D eigenvalue weighted by Crippen LogP contribution is -2.30. The average molecular weight is 419 g/mol. The van der Waals surface area contributed by atoms with Crippen LogP contribution < -0.4 is 19.5 Å². The molecule has 2 rings (SSSR count). The molecule has 0 spiro atoms. The van der Waals surface area contributed by atoms with Gasteiger partial charge in [0.1, 0.15) is 5.75 Å². The van der Waals surface area contributed by atoms with E-state index < -0.39 is 18.0 Å². The van der Waals surface area contributed by atoms with Gasteiger partial charge in [0.05, 0.1) is 26.6 Å². The molecule has 1 amide bonds. The third-order valence-corrected chi connectivity index (χ3v) is 4.81. The van der Waals surface area contributed by atoms with Crippen molar-refractivity contribution in [3.05, 3.63) is 42.5 Å². The number of nitrogens with one attached hydrogen (secondary N) is 1. The summed E-state index contributed by atoms with van der Waals surface area (Å²) in [4.78, 5) is 25.3. The SMILES string of the molecule is CCOc1ccc(SCC(=O)O[C@H](C)C(=O)Nc2ccc(OC)c(OC)c2)cc1. The van der Waals surface area contributed by atoms with Gasteiger partial charge in [-0.05, 0) is 50.2 Å². The molecule has 0 radical (unpaired) electrons. The number of methoxy groups -OCH3 is 2. The van der Waals surface area contributed by atoms with Crippen molar-refractivity contribution in [1.29, 1.82) is 0 Å². The van der Waals surface area contributed by atoms with E-state index in [-0.39, 0.29) is 5.75 Å². The molecule has 0 fully saturated rings. The molecule has 1 atom stereocenters. The lowest BCUT2D eigenvalue weighted by atomic mass is 10.2. The Morgan fingerprint density at radius 2 is 1.72 bits per heavy atom. The average Bonchev–Trinajstić information content (AvgIpc) is 2.73. The Balaban J connectivity index is 1.83. The Bertz CT molecular complexity index is 824. The molecule has 0 aliphatic rings. The number of hydrogen-bond donors (Lipinski definition) is 1. The highest BCUT2D eigenvalue weighted by atomic mass is 32.2. The van der Waals surface area contributed by atoms with Crippen molar-refractivity contribution >= 4 is 29.3 Å². The Kier molecular flexibility index (Phi) is 8.67. The number of esters is 1. The van der Waals surface area contributed by atoms with Crippen LogP contribution >= 0.6 is 11.8 Å². The fraction of sp³-hybridized carbons (Fsp3) is 0.333. The fourth-order valence-electron chi connectivity index (χ4n) is 2.38. The Hall–Kier alpha value is -2.87. The maximum absolute atomic E-state index is 12.3. The van der Waals surface area contributed by atoms with Gasteiger partial charge in [0.2, 0.25) is 0 Å². The second-order valence-corrected chi connectivity index (χ2v) is 6.93. The zero-order valence-corrected chi connectivity index (χ0v) is 17.7. The lowest BCUT2D eigenvalue weighted by Gasteiger charge is -2.15. The number of rotatable bonds is 10. The van der Waals surface area contributed by atoms with Gasteiger partial charge in [0, 0.05) is 16.6 Å². The second-order valence-electron chi connectivity index (χ2n) is 5.88. The number of thioether (sulfide) groups is 1. The van der Waals surface area contributed by atoms with Crippen LogP contribution in [0.15, 0.2) is 47.4 Å². The molecule has 0 heterocycles. The summed E-state index contributed by atoms with van der Waals surface area (Å²) in [5, 5.41) is 2.69. The van der Waals surface area contributed by atoms with Crippen LogP contribution in [-0.2, 0) is 14.3 Å². The number of hydrogen-bond acceptors (Lipinski definition) is 7. The molecule has 2 aromatic carbocycles. The summed E-state index contributed by atoms with van der Waals surface area (Å²) in [5.41, 5.74) is 0.513. The topological polar surface area (TPSA) is 83.1 Å². The van der Waals surface area contributed by atoms with E-state index in [2.05, 4.69) is 5.32 Å². The van der Waals surface area contributed by atoms with Gasteiger partial charge < -0.3 is 24.3 Å². The van der Waals surface area contributed by atoms with E-state index in [0.29, 0.717) is 23.8 Å². The zero-order chi connectivity index (χ0) is 21.2. The number of amides is 1. The minimum absolute atomic E-state index is 0.0992. The normalized spacial score (nSPS) is 11.3. The van der Waals surface area contributed by atoms with Gasteiger partial charge in [-0.2, -0.15) is 0 Å². The third-order valence-electron chi connectivity index (χ3n) is 3.82. The van der Waals surface area contributed by atoms with Crippen LogP contribution in [0.1, 0.15) is 13.8 Å². The maximum atomic E-state index is 12.3. The van der Waals surface area contributed by atoms with Gasteiger partial charge in [-0.25, -0.2) is 0 Å². The minimum Gasteiger partial charge on any atom is -0.494 e. The lowest BCUT2D eigenvalue weighted by molar-refractivity contribution is -0.150. The van der Waals surface area contributed by atoms with Gasteiger partial charge in [0.25, 0.3) is 5.91 Å². The van der Waals surface area contributed by atoms with Crippen molar-refractivity contribution in [3.63, 3.8) is 0 Å². The molecule has 0 unspecified atom stereocenters. The van der Waals surface area contributed by atoms with Crippen molar-refractivity contribution in [1.82, 2.24) is 0 Å². The van der Waals surface area contributed by atoms with Crippen LogP contribution in [0.5, 0.6) is 17.2 Å². The van der Waals surface area contributed by atoms with Crippen LogP contribution in [0.25, 0.3) is 0 Å². The first-order chi connectivity index (χ1) is 14.0. The first kappa shape index (κ1) is 22.4. The van der Waals surface area contributed by atoms with Crippen molar-refractivity contribution in [2.75, 3.05) is 31.9 Å². The van der Waals surface area contributed by atoms with Gasteiger partial charge >= 0.3 is 5.97 Å². The first-order valence-corrected chi connectivity index (χ1v) is 10.0. The van der Waals surface area contributed by atoms with E-state index in [9.17, 15) is 9.59 Å². The van der Waals surface area contributed by atoms with E-state index in [4.69, 9.17) is 18.9 Å². The number of anilines is 1. The van der Waals surface area contributed by atoms with E-state index in [1.54, 1.807) is 18.2 Å².